The maximum atomic E-state index is 13.8. The number of rotatable bonds is 3. The Morgan fingerprint density at radius 2 is 2.24 bits per heavy atom. The number of halogens is 1. The van der Waals surface area contributed by atoms with Crippen LogP contribution in [-0.2, 0) is 13.6 Å². The van der Waals surface area contributed by atoms with E-state index in [-0.39, 0.29) is 5.82 Å². The Bertz CT molecular complexity index is 537. The van der Waals surface area contributed by atoms with Crippen molar-refractivity contribution in [1.29, 1.82) is 0 Å². The molecule has 0 saturated carbocycles. The first-order valence-electron chi connectivity index (χ1n) is 5.27. The van der Waals surface area contributed by atoms with Gasteiger partial charge in [0, 0.05) is 13.6 Å². The molecule has 0 bridgehead atoms. The molecular weight excluding hydrogens is 237 g/mol. The van der Waals surface area contributed by atoms with Gasteiger partial charge in [-0.3, -0.25) is 4.68 Å². The molecule has 0 spiro atoms. The second kappa shape index (κ2) is 4.89. The van der Waals surface area contributed by atoms with Gasteiger partial charge >= 0.3 is 0 Å². The summed E-state index contributed by atoms with van der Waals surface area (Å²) >= 11 is 1.36. The second-order valence-electron chi connectivity index (χ2n) is 3.78. The van der Waals surface area contributed by atoms with E-state index in [9.17, 15) is 4.39 Å². The maximum Gasteiger partial charge on any atom is 0.137 e. The molecule has 2 aromatic rings. The summed E-state index contributed by atoms with van der Waals surface area (Å²) in [5.74, 6) is -0.239. The van der Waals surface area contributed by atoms with Crippen molar-refractivity contribution in [3.63, 3.8) is 0 Å². The summed E-state index contributed by atoms with van der Waals surface area (Å²) < 4.78 is 15.5. The highest BCUT2D eigenvalue weighted by Crippen LogP contribution is 2.32. The van der Waals surface area contributed by atoms with E-state index in [0.717, 1.165) is 16.3 Å². The van der Waals surface area contributed by atoms with E-state index in [0.29, 0.717) is 11.4 Å². The lowest BCUT2D eigenvalue weighted by molar-refractivity contribution is 0.596. The summed E-state index contributed by atoms with van der Waals surface area (Å²) in [6.45, 7) is 2.24. The van der Waals surface area contributed by atoms with Gasteiger partial charge in [0.25, 0.3) is 0 Å². The summed E-state index contributed by atoms with van der Waals surface area (Å²) in [7, 11) is 1.85. The average molecular weight is 251 g/mol. The van der Waals surface area contributed by atoms with Crippen LogP contribution >= 0.6 is 11.8 Å². The van der Waals surface area contributed by atoms with Crippen molar-refractivity contribution in [2.24, 2.45) is 12.8 Å². The molecule has 17 heavy (non-hydrogen) atoms. The van der Waals surface area contributed by atoms with Crippen LogP contribution in [0.15, 0.2) is 34.2 Å². The number of nitrogens with zero attached hydrogens (tertiary/aromatic N) is 2. The third-order valence-corrected chi connectivity index (χ3v) is 3.69. The molecule has 0 saturated heterocycles. The first-order valence-corrected chi connectivity index (χ1v) is 6.09. The Balaban J connectivity index is 2.39. The fraction of sp³-hybridized carbons (Fsp3) is 0.250. The largest absolute Gasteiger partial charge is 0.326 e. The summed E-state index contributed by atoms with van der Waals surface area (Å²) in [4.78, 5) is 0.581. The topological polar surface area (TPSA) is 43.8 Å². The summed E-state index contributed by atoms with van der Waals surface area (Å²) in [6, 6.07) is 6.90. The maximum absolute atomic E-state index is 13.8. The highest BCUT2D eigenvalue weighted by Gasteiger charge is 2.11. The van der Waals surface area contributed by atoms with Crippen molar-refractivity contribution in [2.45, 2.75) is 23.4 Å². The Kier molecular flexibility index (Phi) is 3.49. The zero-order valence-corrected chi connectivity index (χ0v) is 10.6. The molecule has 1 aromatic carbocycles. The van der Waals surface area contributed by atoms with Crippen molar-refractivity contribution in [1.82, 2.24) is 9.78 Å². The Labute approximate surface area is 104 Å². The number of hydrogen-bond donors (Lipinski definition) is 1. The van der Waals surface area contributed by atoms with Crippen LogP contribution in [0.1, 0.15) is 11.3 Å². The third-order valence-electron chi connectivity index (χ3n) is 2.43. The quantitative estimate of drug-likeness (QED) is 0.911. The number of aromatic nitrogens is 2. The monoisotopic (exact) mass is 251 g/mol. The highest BCUT2D eigenvalue weighted by molar-refractivity contribution is 7.99. The fourth-order valence-electron chi connectivity index (χ4n) is 1.62. The van der Waals surface area contributed by atoms with E-state index in [1.165, 1.54) is 17.8 Å². The zero-order chi connectivity index (χ0) is 12.4. The standard InChI is InChI=1S/C12H14FN3S/c1-8-6-11(16(2)15-8)17-12-9(7-14)4-3-5-10(12)13/h3-6H,7,14H2,1-2H3. The molecule has 0 aliphatic carbocycles. The first kappa shape index (κ1) is 12.1. The number of benzene rings is 1. The molecule has 90 valence electrons. The van der Waals surface area contributed by atoms with E-state index in [4.69, 9.17) is 5.73 Å². The molecule has 2 rings (SSSR count). The number of hydrogen-bond acceptors (Lipinski definition) is 3. The van der Waals surface area contributed by atoms with Gasteiger partial charge in [0.15, 0.2) is 0 Å². The van der Waals surface area contributed by atoms with Crippen molar-refractivity contribution in [3.8, 4) is 0 Å². The summed E-state index contributed by atoms with van der Waals surface area (Å²) in [6.07, 6.45) is 0. The molecular formula is C12H14FN3S. The lowest BCUT2D eigenvalue weighted by Crippen LogP contribution is -2.01. The molecule has 0 fully saturated rings. The highest BCUT2D eigenvalue weighted by atomic mass is 32.2. The number of aryl methyl sites for hydroxylation is 2. The van der Waals surface area contributed by atoms with Gasteiger partial charge in [-0.15, -0.1) is 0 Å². The lowest BCUT2D eigenvalue weighted by Gasteiger charge is -2.08. The van der Waals surface area contributed by atoms with E-state index in [1.807, 2.05) is 26.1 Å². The van der Waals surface area contributed by atoms with Crippen molar-refractivity contribution in [3.05, 3.63) is 41.3 Å². The summed E-state index contributed by atoms with van der Waals surface area (Å²) in [5.41, 5.74) is 7.35. The molecule has 1 heterocycles. The fourth-order valence-corrected chi connectivity index (χ4v) is 2.68. The van der Waals surface area contributed by atoms with Gasteiger partial charge in [-0.25, -0.2) is 4.39 Å². The summed E-state index contributed by atoms with van der Waals surface area (Å²) in [5, 5.41) is 5.14. The molecule has 5 heteroatoms. The first-order chi connectivity index (χ1) is 8.11. The van der Waals surface area contributed by atoms with Gasteiger partial charge in [0.1, 0.15) is 5.82 Å². The van der Waals surface area contributed by atoms with Crippen molar-refractivity contribution < 1.29 is 4.39 Å². The minimum Gasteiger partial charge on any atom is -0.326 e. The van der Waals surface area contributed by atoms with Crippen LogP contribution in [0.3, 0.4) is 0 Å². The zero-order valence-electron chi connectivity index (χ0n) is 9.77. The molecule has 2 N–H and O–H groups in total. The Morgan fingerprint density at radius 1 is 1.47 bits per heavy atom. The minimum absolute atomic E-state index is 0.239. The van der Waals surface area contributed by atoms with Crippen LogP contribution in [-0.4, -0.2) is 9.78 Å². The van der Waals surface area contributed by atoms with E-state index >= 15 is 0 Å². The Hall–Kier alpha value is -1.33. The molecule has 3 nitrogen and oxygen atoms in total. The van der Waals surface area contributed by atoms with E-state index in [1.54, 1.807) is 10.7 Å². The number of nitrogens with two attached hydrogens (primary N) is 1. The van der Waals surface area contributed by atoms with Gasteiger partial charge in [0.2, 0.25) is 0 Å². The van der Waals surface area contributed by atoms with Gasteiger partial charge in [-0.05, 0) is 24.6 Å². The van der Waals surface area contributed by atoms with Crippen LogP contribution in [0.25, 0.3) is 0 Å². The van der Waals surface area contributed by atoms with Crippen LogP contribution in [0.5, 0.6) is 0 Å². The van der Waals surface area contributed by atoms with Crippen LogP contribution in [0, 0.1) is 12.7 Å². The van der Waals surface area contributed by atoms with Gasteiger partial charge < -0.3 is 5.73 Å². The van der Waals surface area contributed by atoms with Crippen molar-refractivity contribution >= 4 is 11.8 Å². The molecule has 0 amide bonds. The van der Waals surface area contributed by atoms with Gasteiger partial charge in [0.05, 0.1) is 15.6 Å². The molecule has 0 atom stereocenters. The average Bonchev–Trinajstić information content (AvgIpc) is 2.60. The Morgan fingerprint density at radius 3 is 2.82 bits per heavy atom. The van der Waals surface area contributed by atoms with Crippen LogP contribution in [0.4, 0.5) is 4.39 Å². The predicted octanol–water partition coefficient (Wildman–Crippen LogP) is 2.48. The minimum atomic E-state index is -0.239. The smallest absolute Gasteiger partial charge is 0.137 e. The lowest BCUT2D eigenvalue weighted by atomic mass is 10.2. The molecule has 0 unspecified atom stereocenters. The van der Waals surface area contributed by atoms with Crippen LogP contribution in [0.2, 0.25) is 0 Å². The molecule has 0 radical (unpaired) electrons. The van der Waals surface area contributed by atoms with E-state index in [2.05, 4.69) is 5.10 Å². The van der Waals surface area contributed by atoms with Crippen LogP contribution < -0.4 is 5.73 Å². The normalized spacial score (nSPS) is 10.8. The van der Waals surface area contributed by atoms with E-state index < -0.39 is 0 Å². The van der Waals surface area contributed by atoms with Gasteiger partial charge in [-0.2, -0.15) is 5.10 Å². The SMILES string of the molecule is Cc1cc(Sc2c(F)cccc2CN)n(C)n1. The molecule has 0 aliphatic rings. The third kappa shape index (κ3) is 2.50. The molecule has 0 aliphatic heterocycles. The van der Waals surface area contributed by atoms with Gasteiger partial charge in [-0.1, -0.05) is 23.9 Å². The predicted molar refractivity (Wildman–Crippen MR) is 66.4 cm³/mol. The second-order valence-corrected chi connectivity index (χ2v) is 4.81. The molecule has 1 aromatic heterocycles. The van der Waals surface area contributed by atoms with Crippen molar-refractivity contribution in [2.75, 3.05) is 0 Å².